The minimum atomic E-state index is -0.489. The van der Waals surface area contributed by atoms with Crippen molar-refractivity contribution in [1.29, 1.82) is 0 Å². The number of carbonyl (C=O) groups is 1. The van der Waals surface area contributed by atoms with Gasteiger partial charge in [0, 0.05) is 47.1 Å². The van der Waals surface area contributed by atoms with Crippen molar-refractivity contribution in [2.45, 2.75) is 42.9 Å². The number of aryl methyl sites for hydroxylation is 1. The first kappa shape index (κ1) is 22.3. The molecule has 0 spiro atoms. The zero-order valence-corrected chi connectivity index (χ0v) is 19.4. The Bertz CT molecular complexity index is 1290. The topological polar surface area (TPSA) is 72.7 Å². The zero-order valence-electron chi connectivity index (χ0n) is 18.6. The molecule has 8 heteroatoms. The number of hydrogen-bond acceptors (Lipinski definition) is 5. The number of hydrogen-bond donors (Lipinski definition) is 1. The number of anilines is 1. The maximum absolute atomic E-state index is 14.6. The number of thioether (sulfide) groups is 1. The molecule has 1 amide bonds. The number of amides is 1. The number of benzene rings is 2. The third kappa shape index (κ3) is 5.02. The van der Waals surface area contributed by atoms with Crippen molar-refractivity contribution in [2.24, 2.45) is 0 Å². The van der Waals surface area contributed by atoms with Crippen molar-refractivity contribution in [2.75, 3.05) is 5.32 Å². The molecular formula is C26H24FN5OS. The largest absolute Gasteiger partial charge is 0.319 e. The molecule has 172 valence electrons. The smallest absolute Gasteiger partial charge is 0.255 e. The number of fused-ring (bicyclic) bond motifs is 1. The van der Waals surface area contributed by atoms with Crippen LogP contribution in [-0.4, -0.2) is 25.7 Å². The van der Waals surface area contributed by atoms with E-state index in [4.69, 9.17) is 0 Å². The summed E-state index contributed by atoms with van der Waals surface area (Å²) in [5, 5.41) is 11.4. The Labute approximate surface area is 201 Å². The van der Waals surface area contributed by atoms with Gasteiger partial charge in [-0.05, 0) is 66.9 Å². The second-order valence-corrected chi connectivity index (χ2v) is 9.27. The van der Waals surface area contributed by atoms with Crippen LogP contribution in [-0.2, 0) is 18.7 Å². The molecular weight excluding hydrogens is 449 g/mol. The number of nitrogens with one attached hydrogen (secondary N) is 1. The van der Waals surface area contributed by atoms with Crippen molar-refractivity contribution >= 4 is 23.4 Å². The molecule has 1 N–H and O–H groups in total. The van der Waals surface area contributed by atoms with Crippen LogP contribution in [0.2, 0.25) is 0 Å². The fraction of sp³-hybridized carbons (Fsp3) is 0.231. The Hall–Kier alpha value is -3.52. The molecule has 0 fully saturated rings. The summed E-state index contributed by atoms with van der Waals surface area (Å²) in [5.74, 6) is 1.62. The van der Waals surface area contributed by atoms with Gasteiger partial charge in [-0.2, -0.15) is 0 Å². The molecule has 4 aromatic rings. The fourth-order valence-electron chi connectivity index (χ4n) is 4.01. The quantitative estimate of drug-likeness (QED) is 0.361. The van der Waals surface area contributed by atoms with E-state index >= 15 is 0 Å². The average Bonchev–Trinajstić information content (AvgIpc) is 3.13. The number of rotatable bonds is 6. The van der Waals surface area contributed by atoms with Crippen molar-refractivity contribution in [1.82, 2.24) is 19.7 Å². The zero-order chi connectivity index (χ0) is 23.3. The summed E-state index contributed by atoms with van der Waals surface area (Å²) in [7, 11) is 0. The lowest BCUT2D eigenvalue weighted by Gasteiger charge is -2.11. The van der Waals surface area contributed by atoms with Gasteiger partial charge in [0.05, 0.1) is 5.69 Å². The second-order valence-electron chi connectivity index (χ2n) is 8.23. The van der Waals surface area contributed by atoms with Crippen molar-refractivity contribution in [3.63, 3.8) is 0 Å². The molecule has 1 aliphatic heterocycles. The number of carbonyl (C=O) groups excluding carboxylic acids is 1. The summed E-state index contributed by atoms with van der Waals surface area (Å²) in [6, 6.07) is 15.9. The predicted molar refractivity (Wildman–Crippen MR) is 131 cm³/mol. The molecule has 0 bridgehead atoms. The van der Waals surface area contributed by atoms with E-state index in [2.05, 4.69) is 25.1 Å². The molecule has 0 saturated carbocycles. The van der Waals surface area contributed by atoms with E-state index in [1.807, 2.05) is 30.5 Å². The maximum Gasteiger partial charge on any atom is 0.255 e. The lowest BCUT2D eigenvalue weighted by molar-refractivity contribution is 0.102. The molecule has 6 nitrogen and oxygen atoms in total. The van der Waals surface area contributed by atoms with Gasteiger partial charge in [0.2, 0.25) is 0 Å². The van der Waals surface area contributed by atoms with E-state index in [1.54, 1.807) is 42.2 Å². The number of pyridine rings is 1. The molecule has 34 heavy (non-hydrogen) atoms. The molecule has 3 heterocycles. The Balaban J connectivity index is 1.29. The van der Waals surface area contributed by atoms with Gasteiger partial charge in [-0.3, -0.25) is 9.78 Å². The molecule has 0 saturated heterocycles. The monoisotopic (exact) mass is 473 g/mol. The standard InChI is InChI=1S/C26H24FN5OS/c27-22-12-9-20(25-31-30-24-6-2-1-3-14-32(24)25)15-23(22)29-26(33)19-7-10-21(11-8-19)34-17-18-5-4-13-28-16-18/h4-5,7-13,15-16H,1-3,6,14,17H2,(H,29,33). The highest BCUT2D eigenvalue weighted by atomic mass is 32.2. The summed E-state index contributed by atoms with van der Waals surface area (Å²) < 4.78 is 16.7. The fourth-order valence-corrected chi connectivity index (χ4v) is 4.84. The van der Waals surface area contributed by atoms with Crippen LogP contribution in [0.4, 0.5) is 10.1 Å². The van der Waals surface area contributed by atoms with Gasteiger partial charge < -0.3 is 9.88 Å². The van der Waals surface area contributed by atoms with E-state index < -0.39 is 5.82 Å². The molecule has 0 unspecified atom stereocenters. The maximum atomic E-state index is 14.6. The summed E-state index contributed by atoms with van der Waals surface area (Å²) >= 11 is 1.67. The highest BCUT2D eigenvalue weighted by Gasteiger charge is 2.18. The van der Waals surface area contributed by atoms with Crippen molar-refractivity contribution < 1.29 is 9.18 Å². The molecule has 0 radical (unpaired) electrons. The molecule has 0 aliphatic carbocycles. The van der Waals surface area contributed by atoms with Gasteiger partial charge in [0.15, 0.2) is 5.82 Å². The van der Waals surface area contributed by atoms with Gasteiger partial charge in [-0.15, -0.1) is 22.0 Å². The second kappa shape index (κ2) is 10.2. The lowest BCUT2D eigenvalue weighted by Crippen LogP contribution is -2.13. The van der Waals surface area contributed by atoms with Crippen LogP contribution in [0.3, 0.4) is 0 Å². The van der Waals surface area contributed by atoms with Gasteiger partial charge in [0.25, 0.3) is 5.91 Å². The first-order valence-corrected chi connectivity index (χ1v) is 12.3. The van der Waals surface area contributed by atoms with Gasteiger partial charge in [0.1, 0.15) is 11.6 Å². The SMILES string of the molecule is O=C(Nc1cc(-c2nnc3n2CCCCC3)ccc1F)c1ccc(SCc2cccnc2)cc1. The summed E-state index contributed by atoms with van der Waals surface area (Å²) in [6.45, 7) is 0.849. The number of aromatic nitrogens is 4. The van der Waals surface area contributed by atoms with Gasteiger partial charge >= 0.3 is 0 Å². The van der Waals surface area contributed by atoms with Crippen LogP contribution < -0.4 is 5.32 Å². The van der Waals surface area contributed by atoms with Crippen LogP contribution in [0, 0.1) is 5.82 Å². The van der Waals surface area contributed by atoms with Crippen LogP contribution in [0.5, 0.6) is 0 Å². The first-order valence-electron chi connectivity index (χ1n) is 11.3. The molecule has 2 aromatic carbocycles. The summed E-state index contributed by atoms with van der Waals surface area (Å²) in [4.78, 5) is 18.0. The Morgan fingerprint density at radius 3 is 2.76 bits per heavy atom. The normalized spacial score (nSPS) is 13.2. The van der Waals surface area contributed by atoms with Crippen LogP contribution >= 0.6 is 11.8 Å². The first-order chi connectivity index (χ1) is 16.7. The predicted octanol–water partition coefficient (Wildman–Crippen LogP) is 5.75. The van der Waals surface area contributed by atoms with Crippen molar-refractivity contribution in [3.8, 4) is 11.4 Å². The van der Waals surface area contributed by atoms with Gasteiger partial charge in [-0.25, -0.2) is 4.39 Å². The third-order valence-electron chi connectivity index (χ3n) is 5.83. The summed E-state index contributed by atoms with van der Waals surface area (Å²) in [5.41, 5.74) is 2.46. The van der Waals surface area contributed by atoms with Crippen LogP contribution in [0.1, 0.15) is 41.0 Å². The minimum absolute atomic E-state index is 0.128. The molecule has 2 aromatic heterocycles. The Morgan fingerprint density at radius 1 is 1.06 bits per heavy atom. The average molecular weight is 474 g/mol. The van der Waals surface area contributed by atoms with Crippen LogP contribution in [0.25, 0.3) is 11.4 Å². The van der Waals surface area contributed by atoms with E-state index in [0.717, 1.165) is 59.8 Å². The molecule has 0 atom stereocenters. The van der Waals surface area contributed by atoms with Crippen LogP contribution in [0.15, 0.2) is 71.9 Å². The minimum Gasteiger partial charge on any atom is -0.319 e. The van der Waals surface area contributed by atoms with E-state index in [0.29, 0.717) is 11.4 Å². The summed E-state index contributed by atoms with van der Waals surface area (Å²) in [6.07, 6.45) is 7.82. The van der Waals surface area contributed by atoms with E-state index in [1.165, 1.54) is 6.07 Å². The molecule has 5 rings (SSSR count). The number of halogens is 1. The molecule has 1 aliphatic rings. The van der Waals surface area contributed by atoms with E-state index in [9.17, 15) is 9.18 Å². The Kier molecular flexibility index (Phi) is 6.67. The van der Waals surface area contributed by atoms with Gasteiger partial charge in [-0.1, -0.05) is 12.5 Å². The van der Waals surface area contributed by atoms with Crippen molar-refractivity contribution in [3.05, 3.63) is 89.8 Å². The lowest BCUT2D eigenvalue weighted by atomic mass is 10.1. The number of nitrogens with zero attached hydrogens (tertiary/aromatic N) is 4. The third-order valence-corrected chi connectivity index (χ3v) is 6.91. The van der Waals surface area contributed by atoms with E-state index in [-0.39, 0.29) is 11.6 Å². The Morgan fingerprint density at radius 2 is 1.94 bits per heavy atom. The highest BCUT2D eigenvalue weighted by molar-refractivity contribution is 7.98. The highest BCUT2D eigenvalue weighted by Crippen LogP contribution is 2.27.